The average Bonchev–Trinajstić information content (AvgIpc) is 2.78. The van der Waals surface area contributed by atoms with Crippen molar-refractivity contribution in [2.45, 2.75) is 13.8 Å². The fourth-order valence-electron chi connectivity index (χ4n) is 1.65. The summed E-state index contributed by atoms with van der Waals surface area (Å²) in [5.41, 5.74) is 1.13. The van der Waals surface area contributed by atoms with E-state index in [1.165, 1.54) is 0 Å². The highest BCUT2D eigenvalue weighted by Crippen LogP contribution is 2.16. The van der Waals surface area contributed by atoms with E-state index >= 15 is 0 Å². The number of esters is 1. The Kier molecular flexibility index (Phi) is 4.58. The van der Waals surface area contributed by atoms with Gasteiger partial charge in [-0.1, -0.05) is 23.7 Å². The number of carbonyl (C=O) groups is 1. The number of aryl methyl sites for hydroxylation is 1. The lowest BCUT2D eigenvalue weighted by Crippen LogP contribution is -2.06. The Hall–Kier alpha value is -2.07. The highest BCUT2D eigenvalue weighted by molar-refractivity contribution is 6.30. The van der Waals surface area contributed by atoms with Crippen molar-refractivity contribution in [3.63, 3.8) is 0 Å². The summed E-state index contributed by atoms with van der Waals surface area (Å²) in [6, 6.07) is 7.38. The van der Waals surface area contributed by atoms with Gasteiger partial charge in [-0.2, -0.15) is 0 Å². The topological polar surface area (TPSA) is 52.3 Å². The molecule has 1 aromatic carbocycles. The Bertz CT molecular complexity index is 646. The molecule has 0 amide bonds. The third kappa shape index (κ3) is 3.48. The second kappa shape index (κ2) is 6.39. The standard InChI is InChI=1S/C15H14ClNO3/c1-3-19-15(18)14-10(2)20-13(17-14)8-7-11-5-4-6-12(16)9-11/h4-9H,3H2,1-2H3/b8-7+. The first-order chi connectivity index (χ1) is 9.60. The van der Waals surface area contributed by atoms with Crippen LogP contribution in [0.1, 0.15) is 34.6 Å². The predicted octanol–water partition coefficient (Wildman–Crippen LogP) is 3.98. The summed E-state index contributed by atoms with van der Waals surface area (Å²) < 4.78 is 10.3. The van der Waals surface area contributed by atoms with Crippen LogP contribution in [0.4, 0.5) is 0 Å². The molecule has 0 radical (unpaired) electrons. The van der Waals surface area contributed by atoms with Crippen LogP contribution in [0.3, 0.4) is 0 Å². The van der Waals surface area contributed by atoms with Gasteiger partial charge in [0.15, 0.2) is 5.69 Å². The molecule has 0 aliphatic heterocycles. The number of hydrogen-bond acceptors (Lipinski definition) is 4. The Morgan fingerprint density at radius 1 is 1.45 bits per heavy atom. The molecule has 1 heterocycles. The molecule has 0 aliphatic rings. The summed E-state index contributed by atoms with van der Waals surface area (Å²) in [5, 5.41) is 0.656. The molecule has 104 valence electrons. The fraction of sp³-hybridized carbons (Fsp3) is 0.200. The lowest BCUT2D eigenvalue weighted by Gasteiger charge is -1.96. The Balaban J connectivity index is 2.18. The van der Waals surface area contributed by atoms with Crippen LogP contribution in [0.25, 0.3) is 12.2 Å². The van der Waals surface area contributed by atoms with Gasteiger partial charge < -0.3 is 9.15 Å². The van der Waals surface area contributed by atoms with Crippen LogP contribution in [0.2, 0.25) is 5.02 Å². The normalized spacial score (nSPS) is 10.9. The van der Waals surface area contributed by atoms with E-state index in [1.54, 1.807) is 26.0 Å². The molecular formula is C15H14ClNO3. The van der Waals surface area contributed by atoms with Gasteiger partial charge in [0.1, 0.15) is 5.76 Å². The van der Waals surface area contributed by atoms with E-state index in [4.69, 9.17) is 20.8 Å². The molecule has 2 aromatic rings. The van der Waals surface area contributed by atoms with Gasteiger partial charge in [-0.3, -0.25) is 0 Å². The van der Waals surface area contributed by atoms with Crippen molar-refractivity contribution in [3.05, 3.63) is 52.2 Å². The maximum atomic E-state index is 11.6. The first-order valence-electron chi connectivity index (χ1n) is 6.18. The van der Waals surface area contributed by atoms with Gasteiger partial charge in [0.25, 0.3) is 0 Å². The minimum absolute atomic E-state index is 0.206. The molecule has 0 unspecified atom stereocenters. The van der Waals surface area contributed by atoms with Gasteiger partial charge >= 0.3 is 5.97 Å². The number of nitrogens with zero attached hydrogens (tertiary/aromatic N) is 1. The van der Waals surface area contributed by atoms with E-state index in [9.17, 15) is 4.79 Å². The molecule has 0 N–H and O–H groups in total. The SMILES string of the molecule is CCOC(=O)c1nc(/C=C/c2cccc(Cl)c2)oc1C. The smallest absolute Gasteiger partial charge is 0.360 e. The molecule has 0 spiro atoms. The molecule has 20 heavy (non-hydrogen) atoms. The molecule has 2 rings (SSSR count). The van der Waals surface area contributed by atoms with Gasteiger partial charge in [0, 0.05) is 11.1 Å². The maximum Gasteiger partial charge on any atom is 0.360 e. The quantitative estimate of drug-likeness (QED) is 0.799. The van der Waals surface area contributed by atoms with Crippen molar-refractivity contribution in [2.75, 3.05) is 6.61 Å². The van der Waals surface area contributed by atoms with Crippen LogP contribution in [-0.4, -0.2) is 17.6 Å². The largest absolute Gasteiger partial charge is 0.461 e. The summed E-state index contributed by atoms with van der Waals surface area (Å²) in [5.74, 6) is 0.316. The molecule has 0 aliphatic carbocycles. The van der Waals surface area contributed by atoms with Crippen LogP contribution < -0.4 is 0 Å². The third-order valence-corrected chi connectivity index (χ3v) is 2.78. The summed E-state index contributed by atoms with van der Waals surface area (Å²) >= 11 is 5.90. The Morgan fingerprint density at radius 3 is 2.95 bits per heavy atom. The zero-order valence-electron chi connectivity index (χ0n) is 11.2. The second-order valence-electron chi connectivity index (χ2n) is 4.07. The number of hydrogen-bond donors (Lipinski definition) is 0. The van der Waals surface area contributed by atoms with Crippen molar-refractivity contribution in [2.24, 2.45) is 0 Å². The third-order valence-electron chi connectivity index (χ3n) is 2.55. The lowest BCUT2D eigenvalue weighted by molar-refractivity contribution is 0.0518. The highest BCUT2D eigenvalue weighted by Gasteiger charge is 2.16. The van der Waals surface area contributed by atoms with Crippen molar-refractivity contribution < 1.29 is 13.9 Å². The van der Waals surface area contributed by atoms with E-state index in [0.717, 1.165) is 5.56 Å². The number of halogens is 1. The first kappa shape index (κ1) is 14.3. The summed E-state index contributed by atoms with van der Waals surface area (Å²) in [6.45, 7) is 3.72. The number of ether oxygens (including phenoxy) is 1. The van der Waals surface area contributed by atoms with Gasteiger partial charge in [0.2, 0.25) is 5.89 Å². The van der Waals surface area contributed by atoms with Gasteiger partial charge in [0.05, 0.1) is 6.61 Å². The number of carbonyl (C=O) groups excluding carboxylic acids is 1. The lowest BCUT2D eigenvalue weighted by atomic mass is 10.2. The van der Waals surface area contributed by atoms with E-state index in [2.05, 4.69) is 4.98 Å². The molecule has 0 saturated carbocycles. The first-order valence-corrected chi connectivity index (χ1v) is 6.56. The molecule has 0 saturated heterocycles. The number of oxazole rings is 1. The van der Waals surface area contributed by atoms with Crippen molar-refractivity contribution >= 4 is 29.7 Å². The van der Waals surface area contributed by atoms with E-state index < -0.39 is 5.97 Å². The number of benzene rings is 1. The summed E-state index contributed by atoms with van der Waals surface area (Å²) in [4.78, 5) is 15.7. The van der Waals surface area contributed by atoms with Gasteiger partial charge in [-0.05, 0) is 37.6 Å². The average molecular weight is 292 g/mol. The predicted molar refractivity (Wildman–Crippen MR) is 77.6 cm³/mol. The number of rotatable bonds is 4. The van der Waals surface area contributed by atoms with E-state index in [0.29, 0.717) is 23.3 Å². The molecule has 0 bridgehead atoms. The van der Waals surface area contributed by atoms with Crippen molar-refractivity contribution in [3.8, 4) is 0 Å². The summed E-state index contributed by atoms with van der Waals surface area (Å²) in [7, 11) is 0. The second-order valence-corrected chi connectivity index (χ2v) is 4.50. The van der Waals surface area contributed by atoms with Crippen LogP contribution in [0.15, 0.2) is 28.7 Å². The Labute approximate surface area is 122 Å². The monoisotopic (exact) mass is 291 g/mol. The zero-order valence-corrected chi connectivity index (χ0v) is 12.0. The highest BCUT2D eigenvalue weighted by atomic mass is 35.5. The molecule has 0 atom stereocenters. The molecule has 4 nitrogen and oxygen atoms in total. The molecular weight excluding hydrogens is 278 g/mol. The molecule has 0 fully saturated rings. The zero-order chi connectivity index (χ0) is 14.5. The van der Waals surface area contributed by atoms with Gasteiger partial charge in [-0.15, -0.1) is 0 Å². The minimum atomic E-state index is -0.476. The molecule has 1 aromatic heterocycles. The van der Waals surface area contributed by atoms with Crippen LogP contribution in [-0.2, 0) is 4.74 Å². The van der Waals surface area contributed by atoms with Crippen LogP contribution >= 0.6 is 11.6 Å². The Morgan fingerprint density at radius 2 is 2.25 bits per heavy atom. The van der Waals surface area contributed by atoms with Gasteiger partial charge in [-0.25, -0.2) is 9.78 Å². The van der Waals surface area contributed by atoms with Crippen molar-refractivity contribution in [1.82, 2.24) is 4.98 Å². The minimum Gasteiger partial charge on any atom is -0.461 e. The molecule has 5 heteroatoms. The van der Waals surface area contributed by atoms with E-state index in [-0.39, 0.29) is 5.69 Å². The summed E-state index contributed by atoms with van der Waals surface area (Å²) in [6.07, 6.45) is 3.49. The fourth-order valence-corrected chi connectivity index (χ4v) is 1.85. The number of aromatic nitrogens is 1. The van der Waals surface area contributed by atoms with E-state index in [1.807, 2.05) is 24.3 Å². The van der Waals surface area contributed by atoms with Crippen LogP contribution in [0.5, 0.6) is 0 Å². The van der Waals surface area contributed by atoms with Crippen molar-refractivity contribution in [1.29, 1.82) is 0 Å². The maximum absolute atomic E-state index is 11.6. The van der Waals surface area contributed by atoms with Crippen LogP contribution in [0, 0.1) is 6.92 Å².